The molecule has 0 fully saturated rings. The Bertz CT molecular complexity index is 716. The first-order valence-electron chi connectivity index (χ1n) is 5.54. The number of carbonyl (C=O) groups is 1. The number of aromatic amines is 1. The zero-order valence-electron chi connectivity index (χ0n) is 10.8. The zero-order chi connectivity index (χ0) is 14.5. The van der Waals surface area contributed by atoms with Gasteiger partial charge in [-0.3, -0.25) is 10.4 Å². The van der Waals surface area contributed by atoms with Crippen LogP contribution >= 0.6 is 11.8 Å². The number of rotatable bonds is 2. The number of H-pyrrole nitrogens is 1. The lowest BCUT2D eigenvalue weighted by molar-refractivity contribution is 0.0596. The van der Waals surface area contributed by atoms with Crippen molar-refractivity contribution in [3.05, 3.63) is 23.9 Å². The molecule has 0 radical (unpaired) electrons. The van der Waals surface area contributed by atoms with Crippen LogP contribution in [0.4, 0.5) is 5.69 Å². The molecule has 0 aliphatic heterocycles. The number of carbonyl (C=O) groups excluding carboxylic acids is 1. The van der Waals surface area contributed by atoms with E-state index < -0.39 is 5.97 Å². The highest BCUT2D eigenvalue weighted by Crippen LogP contribution is 2.27. The lowest BCUT2D eigenvalue weighted by Gasteiger charge is -2.00. The van der Waals surface area contributed by atoms with Gasteiger partial charge < -0.3 is 4.74 Å². The third kappa shape index (κ3) is 2.57. The number of esters is 1. The van der Waals surface area contributed by atoms with Crippen molar-refractivity contribution >= 4 is 39.5 Å². The number of aliphatic imine (C=N–C) groups is 1. The minimum atomic E-state index is -0.492. The number of nitrogens with zero attached hydrogens (tertiary/aromatic N) is 3. The fourth-order valence-electron chi connectivity index (χ4n) is 1.65. The number of ether oxygens (including phenoxy) is 1. The Hall–Kier alpha value is -2.53. The molecule has 1 heterocycles. The topological polar surface area (TPSA) is 103 Å². The van der Waals surface area contributed by atoms with E-state index in [2.05, 4.69) is 25.2 Å². The number of hydrogen-bond donors (Lipinski definition) is 2. The van der Waals surface area contributed by atoms with Crippen molar-refractivity contribution in [3.63, 3.8) is 0 Å². The maximum absolute atomic E-state index is 11.6. The van der Waals surface area contributed by atoms with E-state index in [1.54, 1.807) is 24.5 Å². The van der Waals surface area contributed by atoms with Crippen LogP contribution in [0.25, 0.3) is 10.9 Å². The van der Waals surface area contributed by atoms with Gasteiger partial charge in [-0.15, -0.1) is 0 Å². The van der Waals surface area contributed by atoms with E-state index in [1.165, 1.54) is 18.9 Å². The summed E-state index contributed by atoms with van der Waals surface area (Å²) in [6.45, 7) is 0. The van der Waals surface area contributed by atoms with Crippen LogP contribution in [-0.2, 0) is 4.74 Å². The van der Waals surface area contributed by atoms with Crippen molar-refractivity contribution < 1.29 is 9.53 Å². The molecule has 2 aromatic rings. The first-order valence-corrected chi connectivity index (χ1v) is 6.77. The van der Waals surface area contributed by atoms with Crippen LogP contribution in [0.5, 0.6) is 0 Å². The molecule has 0 amide bonds. The average molecular weight is 289 g/mol. The van der Waals surface area contributed by atoms with Gasteiger partial charge in [0, 0.05) is 5.39 Å². The largest absolute Gasteiger partial charge is 0.464 e. The number of para-hydroxylation sites is 1. The van der Waals surface area contributed by atoms with Crippen LogP contribution in [0, 0.1) is 11.5 Å². The molecule has 2 N–H and O–H groups in total. The van der Waals surface area contributed by atoms with Gasteiger partial charge in [0.15, 0.2) is 17.1 Å². The number of thioether (sulfide) groups is 1. The molecule has 0 aliphatic rings. The SMILES string of the molecule is COC(=O)c1[nH]nc2c(N=C(NC#N)SC)cccc12. The molecule has 0 saturated carbocycles. The molecule has 0 unspecified atom stereocenters. The smallest absolute Gasteiger partial charge is 0.356 e. The summed E-state index contributed by atoms with van der Waals surface area (Å²) in [5.41, 5.74) is 1.37. The average Bonchev–Trinajstić information content (AvgIpc) is 2.91. The summed E-state index contributed by atoms with van der Waals surface area (Å²) in [6, 6.07) is 5.26. The third-order valence-electron chi connectivity index (χ3n) is 2.53. The molecule has 1 aromatic carbocycles. The summed E-state index contributed by atoms with van der Waals surface area (Å²) < 4.78 is 4.68. The number of fused-ring (bicyclic) bond motifs is 1. The highest BCUT2D eigenvalue weighted by Gasteiger charge is 2.15. The molecule has 20 heavy (non-hydrogen) atoms. The van der Waals surface area contributed by atoms with E-state index in [0.717, 1.165) is 0 Å². The Labute approximate surface area is 119 Å². The molecule has 102 valence electrons. The van der Waals surface area contributed by atoms with Gasteiger partial charge in [-0.1, -0.05) is 23.9 Å². The van der Waals surface area contributed by atoms with E-state index in [-0.39, 0.29) is 5.69 Å². The molecule has 0 saturated heterocycles. The molecule has 0 atom stereocenters. The van der Waals surface area contributed by atoms with Crippen molar-refractivity contribution in [1.29, 1.82) is 5.26 Å². The molecule has 2 rings (SSSR count). The third-order valence-corrected chi connectivity index (χ3v) is 3.11. The van der Waals surface area contributed by atoms with Gasteiger partial charge in [0.2, 0.25) is 0 Å². The monoisotopic (exact) mass is 289 g/mol. The number of benzene rings is 1. The van der Waals surface area contributed by atoms with E-state index in [1.807, 2.05) is 6.19 Å². The van der Waals surface area contributed by atoms with E-state index >= 15 is 0 Å². The van der Waals surface area contributed by atoms with Gasteiger partial charge in [0.25, 0.3) is 0 Å². The molecule has 0 spiro atoms. The summed E-state index contributed by atoms with van der Waals surface area (Å²) >= 11 is 1.30. The van der Waals surface area contributed by atoms with E-state index in [9.17, 15) is 4.79 Å². The minimum Gasteiger partial charge on any atom is -0.464 e. The van der Waals surface area contributed by atoms with Crippen molar-refractivity contribution in [1.82, 2.24) is 15.5 Å². The Morgan fingerprint density at radius 2 is 2.40 bits per heavy atom. The summed E-state index contributed by atoms with van der Waals surface area (Å²) in [6.07, 6.45) is 3.61. The Morgan fingerprint density at radius 1 is 1.60 bits per heavy atom. The van der Waals surface area contributed by atoms with Gasteiger partial charge in [-0.05, 0) is 12.3 Å². The van der Waals surface area contributed by atoms with Crippen LogP contribution in [0.3, 0.4) is 0 Å². The Morgan fingerprint density at radius 3 is 3.05 bits per heavy atom. The molecule has 1 aromatic heterocycles. The van der Waals surface area contributed by atoms with E-state index in [4.69, 9.17) is 5.26 Å². The second-order valence-corrected chi connectivity index (χ2v) is 4.42. The molecular formula is C12H11N5O2S. The maximum Gasteiger partial charge on any atom is 0.356 e. The Kier molecular flexibility index (Phi) is 4.22. The van der Waals surface area contributed by atoms with Crippen molar-refractivity contribution in [2.75, 3.05) is 13.4 Å². The highest BCUT2D eigenvalue weighted by molar-refractivity contribution is 8.13. The maximum atomic E-state index is 11.6. The summed E-state index contributed by atoms with van der Waals surface area (Å²) in [4.78, 5) is 15.9. The van der Waals surface area contributed by atoms with Gasteiger partial charge in [-0.2, -0.15) is 10.4 Å². The predicted molar refractivity (Wildman–Crippen MR) is 76.8 cm³/mol. The van der Waals surface area contributed by atoms with Gasteiger partial charge in [0.05, 0.1) is 12.8 Å². The van der Waals surface area contributed by atoms with Crippen molar-refractivity contribution in [2.45, 2.75) is 0 Å². The lowest BCUT2D eigenvalue weighted by Crippen LogP contribution is -2.12. The number of nitriles is 1. The fraction of sp³-hybridized carbons (Fsp3) is 0.167. The van der Waals surface area contributed by atoms with Crippen molar-refractivity contribution in [2.24, 2.45) is 4.99 Å². The molecule has 7 nitrogen and oxygen atoms in total. The van der Waals surface area contributed by atoms with Crippen LogP contribution < -0.4 is 5.32 Å². The number of amidine groups is 1. The van der Waals surface area contributed by atoms with Crippen LogP contribution in [-0.4, -0.2) is 34.7 Å². The van der Waals surface area contributed by atoms with E-state index in [0.29, 0.717) is 21.8 Å². The summed E-state index contributed by atoms with van der Waals surface area (Å²) in [5, 5.41) is 18.9. The first-order chi connectivity index (χ1) is 9.71. The standard InChI is InChI=1S/C12H11N5O2S/c1-19-11(18)10-7-4-3-5-8(9(7)16-17-10)15-12(20-2)14-6-13/h3-5H,1-2H3,(H,14,15)(H,16,17). The number of nitrogens with one attached hydrogen (secondary N) is 2. The molecule has 8 heteroatoms. The number of hydrogen-bond acceptors (Lipinski definition) is 6. The highest BCUT2D eigenvalue weighted by atomic mass is 32.2. The molecular weight excluding hydrogens is 278 g/mol. The van der Waals surface area contributed by atoms with Crippen LogP contribution in [0.15, 0.2) is 23.2 Å². The molecule has 0 bridgehead atoms. The first kappa shape index (κ1) is 13.9. The second kappa shape index (κ2) is 6.08. The van der Waals surface area contributed by atoms with Crippen LogP contribution in [0.1, 0.15) is 10.5 Å². The molecule has 0 aliphatic carbocycles. The van der Waals surface area contributed by atoms with Gasteiger partial charge >= 0.3 is 5.97 Å². The Balaban J connectivity index is 2.54. The summed E-state index contributed by atoms with van der Waals surface area (Å²) in [5.74, 6) is -0.492. The minimum absolute atomic E-state index is 0.276. The lowest BCUT2D eigenvalue weighted by atomic mass is 10.2. The quantitative estimate of drug-likeness (QED) is 0.287. The fourth-order valence-corrected chi connectivity index (χ4v) is 1.99. The van der Waals surface area contributed by atoms with Crippen molar-refractivity contribution in [3.8, 4) is 6.19 Å². The summed E-state index contributed by atoms with van der Waals surface area (Å²) in [7, 11) is 1.31. The number of methoxy groups -OCH3 is 1. The van der Waals surface area contributed by atoms with Gasteiger partial charge in [-0.25, -0.2) is 9.79 Å². The normalized spacial score (nSPS) is 11.2. The van der Waals surface area contributed by atoms with Crippen LogP contribution in [0.2, 0.25) is 0 Å². The zero-order valence-corrected chi connectivity index (χ0v) is 11.6. The van der Waals surface area contributed by atoms with Gasteiger partial charge in [0.1, 0.15) is 5.52 Å². The number of aromatic nitrogens is 2. The second-order valence-electron chi connectivity index (χ2n) is 3.62. The predicted octanol–water partition coefficient (Wildman–Crippen LogP) is 1.77.